The number of rotatable bonds is 4. The summed E-state index contributed by atoms with van der Waals surface area (Å²) in [6.07, 6.45) is 1.41. The molecule has 92 valence electrons. The summed E-state index contributed by atoms with van der Waals surface area (Å²) in [6.45, 7) is 3.00. The fourth-order valence-electron chi connectivity index (χ4n) is 1.12. The lowest BCUT2D eigenvalue weighted by atomic mass is 10.1. The maximum Gasteiger partial charge on any atom is 0.338 e. The van der Waals surface area contributed by atoms with Gasteiger partial charge in [0.05, 0.1) is 12.7 Å². The molecule has 0 fully saturated rings. The van der Waals surface area contributed by atoms with Crippen LogP contribution in [-0.4, -0.2) is 34.7 Å². The summed E-state index contributed by atoms with van der Waals surface area (Å²) in [7, 11) is 1.27. The third-order valence-corrected chi connectivity index (χ3v) is 2.16. The molecule has 0 bridgehead atoms. The molecule has 0 saturated heterocycles. The molecule has 1 aromatic heterocycles. The van der Waals surface area contributed by atoms with Crippen molar-refractivity contribution in [2.45, 2.75) is 19.4 Å². The van der Waals surface area contributed by atoms with E-state index in [9.17, 15) is 9.59 Å². The molecule has 2 N–H and O–H groups in total. The number of hydrogen-bond acceptors (Lipinski definition) is 5. The van der Waals surface area contributed by atoms with E-state index in [1.165, 1.54) is 39.3 Å². The summed E-state index contributed by atoms with van der Waals surface area (Å²) in [5.74, 6) is -1.20. The topological polar surface area (TPSA) is 88.5 Å². The predicted octanol–water partition coefficient (Wildman–Crippen LogP) is 1.14. The molecule has 1 aromatic rings. The van der Waals surface area contributed by atoms with E-state index in [2.05, 4.69) is 15.0 Å². The molecular weight excluding hydrogens is 224 g/mol. The highest BCUT2D eigenvalue weighted by molar-refractivity contribution is 5.90. The van der Waals surface area contributed by atoms with Gasteiger partial charge in [0.25, 0.3) is 0 Å². The monoisotopic (exact) mass is 238 g/mol. The molecule has 0 saturated carbocycles. The predicted molar refractivity (Wildman–Crippen MR) is 60.9 cm³/mol. The standard InChI is InChI=1S/C11H14N2O4/c1-11(2,10(15)16)13-8-6-7(4-5-12-8)9(14)17-3/h4-6H,1-3H3,(H,12,13)(H,15,16). The zero-order chi connectivity index (χ0) is 13.1. The fraction of sp³-hybridized carbons (Fsp3) is 0.364. The number of carbonyl (C=O) groups excluding carboxylic acids is 1. The summed E-state index contributed by atoms with van der Waals surface area (Å²) in [5, 5.41) is 11.7. The zero-order valence-electron chi connectivity index (χ0n) is 9.85. The van der Waals surface area contributed by atoms with Gasteiger partial charge in [-0.05, 0) is 26.0 Å². The second-order valence-electron chi connectivity index (χ2n) is 3.98. The molecule has 0 unspecified atom stereocenters. The lowest BCUT2D eigenvalue weighted by Gasteiger charge is -2.21. The molecule has 0 aliphatic carbocycles. The Labute approximate surface area is 98.6 Å². The molecule has 6 heteroatoms. The van der Waals surface area contributed by atoms with Crippen molar-refractivity contribution in [1.82, 2.24) is 4.98 Å². The van der Waals surface area contributed by atoms with Crippen LogP contribution < -0.4 is 5.32 Å². The molecule has 0 radical (unpaired) electrons. The minimum absolute atomic E-state index is 0.306. The maximum atomic E-state index is 11.3. The average molecular weight is 238 g/mol. The minimum atomic E-state index is -1.16. The van der Waals surface area contributed by atoms with E-state index in [4.69, 9.17) is 5.11 Å². The maximum absolute atomic E-state index is 11.3. The summed E-state index contributed by atoms with van der Waals surface area (Å²) in [6, 6.07) is 2.93. The lowest BCUT2D eigenvalue weighted by Crippen LogP contribution is -2.40. The van der Waals surface area contributed by atoms with Gasteiger partial charge in [-0.25, -0.2) is 14.6 Å². The van der Waals surface area contributed by atoms with Gasteiger partial charge >= 0.3 is 11.9 Å². The Bertz CT molecular complexity index is 443. The van der Waals surface area contributed by atoms with Crippen LogP contribution in [0, 0.1) is 0 Å². The Morgan fingerprint density at radius 1 is 1.47 bits per heavy atom. The van der Waals surface area contributed by atoms with Crippen molar-refractivity contribution in [3.63, 3.8) is 0 Å². The second kappa shape index (κ2) is 4.82. The summed E-state index contributed by atoms with van der Waals surface area (Å²) < 4.78 is 4.56. The van der Waals surface area contributed by atoms with Gasteiger partial charge in [0.2, 0.25) is 0 Å². The Morgan fingerprint density at radius 3 is 2.65 bits per heavy atom. The van der Waals surface area contributed by atoms with E-state index in [1.54, 1.807) is 0 Å². The van der Waals surface area contributed by atoms with E-state index >= 15 is 0 Å². The highest BCUT2D eigenvalue weighted by atomic mass is 16.5. The van der Waals surface area contributed by atoms with Crippen LogP contribution in [0.25, 0.3) is 0 Å². The van der Waals surface area contributed by atoms with Crippen LogP contribution in [0.3, 0.4) is 0 Å². The molecule has 0 aliphatic rings. The van der Waals surface area contributed by atoms with Gasteiger partial charge in [-0.1, -0.05) is 0 Å². The number of esters is 1. The molecule has 1 rings (SSSR count). The van der Waals surface area contributed by atoms with Gasteiger partial charge in [-0.15, -0.1) is 0 Å². The molecule has 17 heavy (non-hydrogen) atoms. The van der Waals surface area contributed by atoms with Crippen molar-refractivity contribution in [1.29, 1.82) is 0 Å². The van der Waals surface area contributed by atoms with E-state index < -0.39 is 17.5 Å². The van der Waals surface area contributed by atoms with Gasteiger partial charge < -0.3 is 15.2 Å². The van der Waals surface area contributed by atoms with Crippen LogP contribution >= 0.6 is 0 Å². The number of nitrogens with zero attached hydrogens (tertiary/aromatic N) is 1. The molecule has 6 nitrogen and oxygen atoms in total. The molecule has 0 spiro atoms. The molecule has 0 amide bonds. The van der Waals surface area contributed by atoms with Crippen LogP contribution in [0.1, 0.15) is 24.2 Å². The van der Waals surface area contributed by atoms with Crippen molar-refractivity contribution in [3.8, 4) is 0 Å². The first-order valence-corrected chi connectivity index (χ1v) is 4.93. The highest BCUT2D eigenvalue weighted by Crippen LogP contribution is 2.14. The first-order chi connectivity index (χ1) is 7.86. The number of nitrogens with one attached hydrogen (secondary N) is 1. The van der Waals surface area contributed by atoms with Gasteiger partial charge in [-0.2, -0.15) is 0 Å². The third kappa shape index (κ3) is 3.17. The first-order valence-electron chi connectivity index (χ1n) is 4.93. The number of pyridine rings is 1. The molecule has 0 aromatic carbocycles. The van der Waals surface area contributed by atoms with Crippen molar-refractivity contribution in [2.75, 3.05) is 12.4 Å². The van der Waals surface area contributed by atoms with Crippen LogP contribution in [0.2, 0.25) is 0 Å². The summed E-state index contributed by atoms with van der Waals surface area (Å²) in [4.78, 5) is 26.1. The number of aromatic nitrogens is 1. The number of carbonyl (C=O) groups is 2. The number of carboxylic acid groups (broad SMARTS) is 1. The van der Waals surface area contributed by atoms with E-state index in [1.807, 2.05) is 0 Å². The van der Waals surface area contributed by atoms with Crippen molar-refractivity contribution in [3.05, 3.63) is 23.9 Å². The SMILES string of the molecule is COC(=O)c1ccnc(NC(C)(C)C(=O)O)c1. The van der Waals surface area contributed by atoms with E-state index in [-0.39, 0.29) is 0 Å². The second-order valence-corrected chi connectivity index (χ2v) is 3.98. The quantitative estimate of drug-likeness (QED) is 0.765. The number of ether oxygens (including phenoxy) is 1. The van der Waals surface area contributed by atoms with Crippen LogP contribution in [0.5, 0.6) is 0 Å². The molecule has 0 atom stereocenters. The minimum Gasteiger partial charge on any atom is -0.480 e. The Morgan fingerprint density at radius 2 is 2.12 bits per heavy atom. The smallest absolute Gasteiger partial charge is 0.338 e. The highest BCUT2D eigenvalue weighted by Gasteiger charge is 2.27. The Balaban J connectivity index is 2.93. The third-order valence-electron chi connectivity index (χ3n) is 2.16. The van der Waals surface area contributed by atoms with Gasteiger partial charge in [0.15, 0.2) is 0 Å². The molecular formula is C11H14N2O4. The number of anilines is 1. The Kier molecular flexibility index (Phi) is 3.67. The van der Waals surface area contributed by atoms with E-state index in [0.717, 1.165) is 0 Å². The number of aliphatic carboxylic acids is 1. The van der Waals surface area contributed by atoms with Crippen LogP contribution in [0.15, 0.2) is 18.3 Å². The van der Waals surface area contributed by atoms with Gasteiger partial charge in [0, 0.05) is 6.20 Å². The largest absolute Gasteiger partial charge is 0.480 e. The van der Waals surface area contributed by atoms with Gasteiger partial charge in [-0.3, -0.25) is 0 Å². The average Bonchev–Trinajstić information content (AvgIpc) is 2.27. The first kappa shape index (κ1) is 13.0. The summed E-state index contributed by atoms with van der Waals surface area (Å²) >= 11 is 0. The number of carboxylic acids is 1. The summed E-state index contributed by atoms with van der Waals surface area (Å²) in [5.41, 5.74) is -0.854. The number of methoxy groups -OCH3 is 1. The fourth-order valence-corrected chi connectivity index (χ4v) is 1.12. The normalized spacial score (nSPS) is 10.8. The zero-order valence-corrected chi connectivity index (χ0v) is 9.85. The van der Waals surface area contributed by atoms with Crippen molar-refractivity contribution in [2.24, 2.45) is 0 Å². The lowest BCUT2D eigenvalue weighted by molar-refractivity contribution is -0.141. The van der Waals surface area contributed by atoms with Gasteiger partial charge in [0.1, 0.15) is 11.4 Å². The Hall–Kier alpha value is -2.11. The molecule has 0 aliphatic heterocycles. The molecule has 1 heterocycles. The van der Waals surface area contributed by atoms with Crippen LogP contribution in [-0.2, 0) is 9.53 Å². The number of hydrogen-bond donors (Lipinski definition) is 2. The van der Waals surface area contributed by atoms with Crippen molar-refractivity contribution < 1.29 is 19.4 Å². The van der Waals surface area contributed by atoms with E-state index in [0.29, 0.717) is 11.4 Å². The van der Waals surface area contributed by atoms with Crippen LogP contribution in [0.4, 0.5) is 5.82 Å². The van der Waals surface area contributed by atoms with Crippen molar-refractivity contribution >= 4 is 17.8 Å².